The van der Waals surface area contributed by atoms with Crippen molar-refractivity contribution in [1.29, 1.82) is 0 Å². The fourth-order valence-corrected chi connectivity index (χ4v) is 3.90. The number of nitrogens with zero attached hydrogens (tertiary/aromatic N) is 2. The van der Waals surface area contributed by atoms with Gasteiger partial charge in [0.15, 0.2) is 6.10 Å². The Hall–Kier alpha value is -2.74. The zero-order valence-corrected chi connectivity index (χ0v) is 16.5. The van der Waals surface area contributed by atoms with Crippen LogP contribution in [0.2, 0.25) is 0 Å². The maximum Gasteiger partial charge on any atom is 0.343 e. The van der Waals surface area contributed by atoms with Gasteiger partial charge in [0, 0.05) is 31.8 Å². The van der Waals surface area contributed by atoms with Gasteiger partial charge in [-0.1, -0.05) is 0 Å². The van der Waals surface area contributed by atoms with Crippen molar-refractivity contribution in [1.82, 2.24) is 4.37 Å². The van der Waals surface area contributed by atoms with Gasteiger partial charge in [-0.15, -0.1) is 0 Å². The lowest BCUT2D eigenvalue weighted by molar-refractivity contribution is -0.116. The van der Waals surface area contributed by atoms with E-state index < -0.39 is 12.1 Å². The molecule has 0 spiro atoms. The molecular weight excluding hydrogens is 366 g/mol. The van der Waals surface area contributed by atoms with Crippen LogP contribution in [0.3, 0.4) is 0 Å². The number of rotatable bonds is 5. The van der Waals surface area contributed by atoms with Gasteiger partial charge in [-0.3, -0.25) is 9.59 Å². The number of carbonyl (C=O) groups is 3. The third-order valence-electron chi connectivity index (χ3n) is 4.59. The first-order valence-corrected chi connectivity index (χ1v) is 9.41. The summed E-state index contributed by atoms with van der Waals surface area (Å²) < 4.78 is 9.53. The third kappa shape index (κ3) is 3.57. The number of carbonyl (C=O) groups excluding carboxylic acids is 3. The molecule has 1 amide bonds. The van der Waals surface area contributed by atoms with Crippen LogP contribution in [0.25, 0.3) is 0 Å². The zero-order chi connectivity index (χ0) is 19.7. The number of aromatic nitrogens is 1. The summed E-state index contributed by atoms with van der Waals surface area (Å²) >= 11 is 1.17. The first-order valence-electron chi connectivity index (χ1n) is 8.63. The maximum absolute atomic E-state index is 12.7. The van der Waals surface area contributed by atoms with Gasteiger partial charge < -0.3 is 15.0 Å². The second kappa shape index (κ2) is 7.48. The monoisotopic (exact) mass is 387 g/mol. The van der Waals surface area contributed by atoms with Crippen LogP contribution in [0.1, 0.15) is 45.8 Å². The molecule has 0 saturated heterocycles. The third-order valence-corrected chi connectivity index (χ3v) is 5.54. The Balaban J connectivity index is 1.75. The lowest BCUT2D eigenvalue weighted by Gasteiger charge is -2.16. The molecule has 8 heteroatoms. The van der Waals surface area contributed by atoms with E-state index in [2.05, 4.69) is 9.69 Å². The minimum Gasteiger partial charge on any atom is -0.451 e. The molecule has 0 fully saturated rings. The minimum absolute atomic E-state index is 0.0183. The maximum atomic E-state index is 12.7. The van der Waals surface area contributed by atoms with Gasteiger partial charge in [0.05, 0.1) is 5.69 Å². The van der Waals surface area contributed by atoms with Gasteiger partial charge in [0.1, 0.15) is 10.6 Å². The average Bonchev–Trinajstić information content (AvgIpc) is 3.23. The molecule has 7 nitrogen and oxygen atoms in total. The highest BCUT2D eigenvalue weighted by Gasteiger charge is 2.27. The second-order valence-corrected chi connectivity index (χ2v) is 7.17. The molecule has 1 aliphatic heterocycles. The predicted molar refractivity (Wildman–Crippen MR) is 104 cm³/mol. The lowest BCUT2D eigenvalue weighted by atomic mass is 10.0. The van der Waals surface area contributed by atoms with Crippen molar-refractivity contribution in [3.8, 4) is 0 Å². The number of anilines is 2. The molecular formula is C19H21N3O4S. The lowest BCUT2D eigenvalue weighted by Crippen LogP contribution is -2.26. The summed E-state index contributed by atoms with van der Waals surface area (Å²) in [6.45, 7) is 5.42. The molecule has 27 heavy (non-hydrogen) atoms. The van der Waals surface area contributed by atoms with Crippen molar-refractivity contribution in [2.24, 2.45) is 0 Å². The quantitative estimate of drug-likeness (QED) is 0.627. The van der Waals surface area contributed by atoms with Gasteiger partial charge in [0.25, 0.3) is 0 Å². The summed E-state index contributed by atoms with van der Waals surface area (Å²) in [5, 5.41) is 3.52. The number of nitrogens with one attached hydrogen (secondary N) is 1. The van der Waals surface area contributed by atoms with Crippen molar-refractivity contribution in [3.63, 3.8) is 0 Å². The van der Waals surface area contributed by atoms with Crippen molar-refractivity contribution < 1.29 is 19.1 Å². The van der Waals surface area contributed by atoms with E-state index in [-0.39, 0.29) is 11.7 Å². The van der Waals surface area contributed by atoms with E-state index in [1.807, 2.05) is 0 Å². The Labute approximate surface area is 161 Å². The minimum atomic E-state index is -0.926. The van der Waals surface area contributed by atoms with Gasteiger partial charge in [-0.25, -0.2) is 4.79 Å². The molecule has 0 saturated carbocycles. The van der Waals surface area contributed by atoms with Gasteiger partial charge in [-0.05, 0) is 55.6 Å². The fourth-order valence-electron chi connectivity index (χ4n) is 3.17. The Morgan fingerprint density at radius 3 is 2.74 bits per heavy atom. The number of Topliss-reactive ketones (excluding diaryl/α,β-unsaturated/α-hetero) is 1. The van der Waals surface area contributed by atoms with Gasteiger partial charge in [0.2, 0.25) is 11.7 Å². The van der Waals surface area contributed by atoms with E-state index in [0.29, 0.717) is 34.8 Å². The standard InChI is InChI=1S/C19H21N3O4S/c1-10-16(18(20-4)27-21-10)19(25)26-11(2)17(24)14-5-6-15-13(9-14)7-8-22(15)12(3)23/h5-6,9,11,20H,7-8H2,1-4H3. The first-order chi connectivity index (χ1) is 12.8. The number of esters is 1. The van der Waals surface area contributed by atoms with Crippen LogP contribution in [0.4, 0.5) is 10.7 Å². The van der Waals surface area contributed by atoms with Crippen molar-refractivity contribution in [2.75, 3.05) is 23.8 Å². The SMILES string of the molecule is CNc1snc(C)c1C(=O)OC(C)C(=O)c1ccc2c(c1)CCN2C(C)=O. The number of amides is 1. The van der Waals surface area contributed by atoms with Gasteiger partial charge >= 0.3 is 5.97 Å². The highest BCUT2D eigenvalue weighted by Crippen LogP contribution is 2.30. The molecule has 0 aliphatic carbocycles. The molecule has 1 unspecified atom stereocenters. The summed E-state index contributed by atoms with van der Waals surface area (Å²) in [4.78, 5) is 38.5. The number of aryl methyl sites for hydroxylation is 1. The van der Waals surface area contributed by atoms with E-state index in [1.54, 1.807) is 44.0 Å². The fraction of sp³-hybridized carbons (Fsp3) is 0.368. The van der Waals surface area contributed by atoms with Crippen LogP contribution in [0.15, 0.2) is 18.2 Å². The molecule has 2 heterocycles. The Kier molecular flexibility index (Phi) is 5.27. The molecule has 0 bridgehead atoms. The molecule has 3 rings (SSSR count). The number of hydrogen-bond donors (Lipinski definition) is 1. The number of benzene rings is 1. The van der Waals surface area contributed by atoms with Crippen LogP contribution in [-0.4, -0.2) is 41.7 Å². The molecule has 2 aromatic rings. The Bertz CT molecular complexity index is 922. The van der Waals surface area contributed by atoms with Crippen LogP contribution < -0.4 is 10.2 Å². The highest BCUT2D eigenvalue weighted by molar-refractivity contribution is 7.10. The molecule has 0 radical (unpaired) electrons. The number of ether oxygens (including phenoxy) is 1. The Morgan fingerprint density at radius 2 is 2.07 bits per heavy atom. The van der Waals surface area contributed by atoms with E-state index in [0.717, 1.165) is 11.3 Å². The topological polar surface area (TPSA) is 88.6 Å². The molecule has 1 atom stereocenters. The van der Waals surface area contributed by atoms with Crippen molar-refractivity contribution in [2.45, 2.75) is 33.3 Å². The van der Waals surface area contributed by atoms with Crippen molar-refractivity contribution >= 4 is 39.9 Å². The summed E-state index contributed by atoms with van der Waals surface area (Å²) in [7, 11) is 1.70. The first kappa shape index (κ1) is 19.0. The summed E-state index contributed by atoms with van der Waals surface area (Å²) in [6.07, 6.45) is -0.222. The van der Waals surface area contributed by atoms with Crippen molar-refractivity contribution in [3.05, 3.63) is 40.6 Å². The summed E-state index contributed by atoms with van der Waals surface area (Å²) in [5.41, 5.74) is 3.17. The van der Waals surface area contributed by atoms with E-state index >= 15 is 0 Å². The summed E-state index contributed by atoms with van der Waals surface area (Å²) in [5.74, 6) is -0.871. The highest BCUT2D eigenvalue weighted by atomic mass is 32.1. The molecule has 1 N–H and O–H groups in total. The molecule has 142 valence electrons. The normalized spacial score (nSPS) is 13.9. The number of ketones is 1. The molecule has 1 aliphatic rings. The number of fused-ring (bicyclic) bond motifs is 1. The van der Waals surface area contributed by atoms with Crippen LogP contribution in [0, 0.1) is 6.92 Å². The summed E-state index contributed by atoms with van der Waals surface area (Å²) in [6, 6.07) is 5.22. The molecule has 1 aromatic heterocycles. The average molecular weight is 387 g/mol. The van der Waals surface area contributed by atoms with Crippen LogP contribution >= 0.6 is 11.5 Å². The van der Waals surface area contributed by atoms with Crippen LogP contribution in [-0.2, 0) is 16.0 Å². The smallest absolute Gasteiger partial charge is 0.343 e. The predicted octanol–water partition coefficient (Wildman–Crippen LogP) is 2.83. The van der Waals surface area contributed by atoms with E-state index in [1.165, 1.54) is 18.5 Å². The number of hydrogen-bond acceptors (Lipinski definition) is 7. The molecule has 1 aromatic carbocycles. The second-order valence-electron chi connectivity index (χ2n) is 6.40. The van der Waals surface area contributed by atoms with Gasteiger partial charge in [-0.2, -0.15) is 4.37 Å². The Morgan fingerprint density at radius 1 is 1.33 bits per heavy atom. The van der Waals surface area contributed by atoms with Crippen LogP contribution in [0.5, 0.6) is 0 Å². The van der Waals surface area contributed by atoms with E-state index in [9.17, 15) is 14.4 Å². The van der Waals surface area contributed by atoms with E-state index in [4.69, 9.17) is 4.74 Å². The largest absolute Gasteiger partial charge is 0.451 e. The zero-order valence-electron chi connectivity index (χ0n) is 15.7.